The maximum atomic E-state index is 4.59. The summed E-state index contributed by atoms with van der Waals surface area (Å²) in [5.41, 5.74) is 3.44. The van der Waals surface area contributed by atoms with Gasteiger partial charge in [-0.1, -0.05) is 18.2 Å². The Balaban J connectivity index is 1.80. The molecule has 0 spiro atoms. The van der Waals surface area contributed by atoms with Crippen LogP contribution in [-0.2, 0) is 6.54 Å². The maximum Gasteiger partial charge on any atom is 0.126 e. The molecule has 0 aliphatic rings. The van der Waals surface area contributed by atoms with Crippen LogP contribution in [0.4, 0.5) is 5.82 Å². The summed E-state index contributed by atoms with van der Waals surface area (Å²) in [7, 11) is 0. The third-order valence-corrected chi connectivity index (χ3v) is 3.19. The fraction of sp³-hybridized carbons (Fsp3) is 0.125. The average Bonchev–Trinajstić information content (AvgIpc) is 2.46. The number of hydrogen-bond donors (Lipinski definition) is 1. The number of nitrogens with zero attached hydrogens (tertiary/aromatic N) is 2. The smallest absolute Gasteiger partial charge is 0.126 e. The summed E-state index contributed by atoms with van der Waals surface area (Å²) in [6.45, 7) is 2.83. The Bertz CT molecular complexity index is 707. The number of benzene rings is 1. The van der Waals surface area contributed by atoms with E-state index in [0.29, 0.717) is 0 Å². The van der Waals surface area contributed by atoms with E-state index in [1.807, 2.05) is 42.7 Å². The van der Waals surface area contributed by atoms with Crippen molar-refractivity contribution < 1.29 is 0 Å². The summed E-state index contributed by atoms with van der Waals surface area (Å²) in [6, 6.07) is 14.3. The average molecular weight is 249 g/mol. The molecule has 0 aliphatic heterocycles. The van der Waals surface area contributed by atoms with Gasteiger partial charge in [0.25, 0.3) is 0 Å². The first kappa shape index (κ1) is 11.7. The Morgan fingerprint density at radius 1 is 1.05 bits per heavy atom. The highest BCUT2D eigenvalue weighted by atomic mass is 15.0. The van der Waals surface area contributed by atoms with E-state index in [-0.39, 0.29) is 0 Å². The Labute approximate surface area is 112 Å². The lowest BCUT2D eigenvalue weighted by Gasteiger charge is -2.08. The van der Waals surface area contributed by atoms with Crippen LogP contribution in [0.3, 0.4) is 0 Å². The molecule has 0 bridgehead atoms. The third kappa shape index (κ3) is 2.55. The van der Waals surface area contributed by atoms with Crippen LogP contribution in [0.5, 0.6) is 0 Å². The number of hydrogen-bond acceptors (Lipinski definition) is 3. The molecule has 3 aromatic rings. The Hall–Kier alpha value is -2.42. The van der Waals surface area contributed by atoms with Gasteiger partial charge in [0.2, 0.25) is 0 Å². The van der Waals surface area contributed by atoms with E-state index in [1.165, 1.54) is 11.1 Å². The molecule has 0 unspecified atom stereocenters. The molecule has 3 heteroatoms. The number of anilines is 1. The van der Waals surface area contributed by atoms with Gasteiger partial charge in [-0.3, -0.25) is 4.98 Å². The molecule has 94 valence electrons. The number of pyridine rings is 2. The Kier molecular flexibility index (Phi) is 3.11. The van der Waals surface area contributed by atoms with Crippen molar-refractivity contribution in [2.75, 3.05) is 5.32 Å². The molecule has 1 aromatic carbocycles. The fourth-order valence-electron chi connectivity index (χ4n) is 2.05. The quantitative estimate of drug-likeness (QED) is 0.771. The third-order valence-electron chi connectivity index (χ3n) is 3.19. The first-order chi connectivity index (χ1) is 9.33. The minimum absolute atomic E-state index is 0.764. The van der Waals surface area contributed by atoms with E-state index in [2.05, 4.69) is 34.3 Å². The van der Waals surface area contributed by atoms with Gasteiger partial charge in [-0.05, 0) is 42.3 Å². The molecule has 3 rings (SSSR count). The summed E-state index contributed by atoms with van der Waals surface area (Å²) < 4.78 is 0. The summed E-state index contributed by atoms with van der Waals surface area (Å²) in [5.74, 6) is 0.898. The molecular formula is C16H15N3. The lowest BCUT2D eigenvalue weighted by Crippen LogP contribution is -2.03. The topological polar surface area (TPSA) is 37.8 Å². The molecule has 0 saturated carbocycles. The van der Waals surface area contributed by atoms with Crippen LogP contribution in [0.2, 0.25) is 0 Å². The lowest BCUT2D eigenvalue weighted by atomic mass is 10.1. The minimum atomic E-state index is 0.764. The highest BCUT2D eigenvalue weighted by molar-refractivity contribution is 5.80. The van der Waals surface area contributed by atoms with E-state index >= 15 is 0 Å². The molecule has 0 aliphatic carbocycles. The summed E-state index contributed by atoms with van der Waals surface area (Å²) in [6.07, 6.45) is 3.70. The predicted octanol–water partition coefficient (Wildman–Crippen LogP) is 3.55. The van der Waals surface area contributed by atoms with Gasteiger partial charge in [-0.15, -0.1) is 0 Å². The van der Waals surface area contributed by atoms with Crippen molar-refractivity contribution >= 4 is 16.7 Å². The van der Waals surface area contributed by atoms with Gasteiger partial charge in [-0.25, -0.2) is 4.98 Å². The number of nitrogens with one attached hydrogen (secondary N) is 1. The van der Waals surface area contributed by atoms with Crippen LogP contribution < -0.4 is 5.32 Å². The SMILES string of the molecule is Cc1cnccc1CNc1ccc2ccccc2n1. The largest absolute Gasteiger partial charge is 0.366 e. The highest BCUT2D eigenvalue weighted by Crippen LogP contribution is 2.15. The molecule has 2 aromatic heterocycles. The molecule has 0 amide bonds. The van der Waals surface area contributed by atoms with Crippen molar-refractivity contribution in [3.8, 4) is 0 Å². The first-order valence-corrected chi connectivity index (χ1v) is 6.32. The second-order valence-corrected chi connectivity index (χ2v) is 4.54. The number of para-hydroxylation sites is 1. The molecule has 0 fully saturated rings. The van der Waals surface area contributed by atoms with E-state index in [0.717, 1.165) is 23.3 Å². The molecule has 2 heterocycles. The Morgan fingerprint density at radius 3 is 2.84 bits per heavy atom. The van der Waals surface area contributed by atoms with Gasteiger partial charge >= 0.3 is 0 Å². The van der Waals surface area contributed by atoms with Gasteiger partial charge in [0.15, 0.2) is 0 Å². The number of aromatic nitrogens is 2. The van der Waals surface area contributed by atoms with E-state index in [9.17, 15) is 0 Å². The van der Waals surface area contributed by atoms with E-state index in [4.69, 9.17) is 0 Å². The van der Waals surface area contributed by atoms with E-state index < -0.39 is 0 Å². The van der Waals surface area contributed by atoms with Gasteiger partial charge in [-0.2, -0.15) is 0 Å². The number of aryl methyl sites for hydroxylation is 1. The summed E-state index contributed by atoms with van der Waals surface area (Å²) >= 11 is 0. The lowest BCUT2D eigenvalue weighted by molar-refractivity contribution is 1.08. The summed E-state index contributed by atoms with van der Waals surface area (Å²) in [4.78, 5) is 8.69. The van der Waals surface area contributed by atoms with Gasteiger partial charge in [0, 0.05) is 24.3 Å². The predicted molar refractivity (Wildman–Crippen MR) is 78.0 cm³/mol. The molecule has 19 heavy (non-hydrogen) atoms. The molecule has 0 radical (unpaired) electrons. The first-order valence-electron chi connectivity index (χ1n) is 6.32. The highest BCUT2D eigenvalue weighted by Gasteiger charge is 2.00. The number of fused-ring (bicyclic) bond motifs is 1. The normalized spacial score (nSPS) is 10.6. The zero-order valence-corrected chi connectivity index (χ0v) is 10.8. The van der Waals surface area contributed by atoms with Crippen LogP contribution in [0.25, 0.3) is 10.9 Å². The molecule has 0 atom stereocenters. The van der Waals surface area contributed by atoms with Crippen LogP contribution in [0.15, 0.2) is 54.9 Å². The number of rotatable bonds is 3. The molecule has 3 nitrogen and oxygen atoms in total. The fourth-order valence-corrected chi connectivity index (χ4v) is 2.05. The molecular weight excluding hydrogens is 234 g/mol. The Morgan fingerprint density at radius 2 is 1.95 bits per heavy atom. The standard InChI is InChI=1S/C16H15N3/c1-12-10-17-9-8-14(12)11-18-16-7-6-13-4-2-3-5-15(13)19-16/h2-10H,11H2,1H3,(H,18,19). The van der Waals surface area contributed by atoms with Crippen molar-refractivity contribution in [3.05, 3.63) is 66.0 Å². The zero-order chi connectivity index (χ0) is 13.1. The van der Waals surface area contributed by atoms with Crippen LogP contribution in [0.1, 0.15) is 11.1 Å². The van der Waals surface area contributed by atoms with Gasteiger partial charge in [0.05, 0.1) is 5.52 Å². The van der Waals surface area contributed by atoms with Gasteiger partial charge < -0.3 is 5.32 Å². The molecule has 1 N–H and O–H groups in total. The summed E-state index contributed by atoms with van der Waals surface area (Å²) in [5, 5.41) is 4.52. The zero-order valence-electron chi connectivity index (χ0n) is 10.8. The van der Waals surface area contributed by atoms with Crippen LogP contribution in [0, 0.1) is 6.92 Å². The second kappa shape index (κ2) is 5.06. The van der Waals surface area contributed by atoms with Crippen molar-refractivity contribution in [2.24, 2.45) is 0 Å². The van der Waals surface area contributed by atoms with Crippen molar-refractivity contribution in [3.63, 3.8) is 0 Å². The van der Waals surface area contributed by atoms with Crippen LogP contribution in [-0.4, -0.2) is 9.97 Å². The second-order valence-electron chi connectivity index (χ2n) is 4.54. The van der Waals surface area contributed by atoms with Crippen molar-refractivity contribution in [1.29, 1.82) is 0 Å². The van der Waals surface area contributed by atoms with Crippen molar-refractivity contribution in [2.45, 2.75) is 13.5 Å². The van der Waals surface area contributed by atoms with Gasteiger partial charge in [0.1, 0.15) is 5.82 Å². The maximum absolute atomic E-state index is 4.59. The van der Waals surface area contributed by atoms with Crippen molar-refractivity contribution in [1.82, 2.24) is 9.97 Å². The minimum Gasteiger partial charge on any atom is -0.366 e. The van der Waals surface area contributed by atoms with Crippen LogP contribution >= 0.6 is 0 Å². The monoisotopic (exact) mass is 249 g/mol. The molecule has 0 saturated heterocycles. The van der Waals surface area contributed by atoms with E-state index in [1.54, 1.807) is 0 Å².